The number of piperazine rings is 1. The zero-order chi connectivity index (χ0) is 12.3. The van der Waals surface area contributed by atoms with Gasteiger partial charge < -0.3 is 5.32 Å². The third kappa shape index (κ3) is 3.43. The number of nitrogens with zero attached hydrogens (tertiary/aromatic N) is 2. The molecule has 0 radical (unpaired) electrons. The zero-order valence-electron chi connectivity index (χ0n) is 11.8. The van der Waals surface area contributed by atoms with Gasteiger partial charge >= 0.3 is 0 Å². The lowest BCUT2D eigenvalue weighted by molar-refractivity contribution is 0.0591. The standard InChI is InChI=1S/C14H29N3/c1-12(2)16-7-9-17(10-8-16)14-6-4-5-13(11-14)15-3/h12-15H,4-11H2,1-3H3/t13-,14-/m0/s1. The summed E-state index contributed by atoms with van der Waals surface area (Å²) in [6.07, 6.45) is 5.55. The molecular weight excluding hydrogens is 210 g/mol. The highest BCUT2D eigenvalue weighted by atomic mass is 15.3. The summed E-state index contributed by atoms with van der Waals surface area (Å²) in [6, 6.07) is 2.32. The topological polar surface area (TPSA) is 18.5 Å². The largest absolute Gasteiger partial charge is 0.317 e. The van der Waals surface area contributed by atoms with Crippen molar-refractivity contribution < 1.29 is 0 Å². The smallest absolute Gasteiger partial charge is 0.0113 e. The van der Waals surface area contributed by atoms with Crippen molar-refractivity contribution in [3.8, 4) is 0 Å². The number of hydrogen-bond donors (Lipinski definition) is 1. The molecule has 100 valence electrons. The molecule has 0 amide bonds. The molecule has 1 saturated carbocycles. The van der Waals surface area contributed by atoms with E-state index in [1.54, 1.807) is 0 Å². The van der Waals surface area contributed by atoms with E-state index in [2.05, 4.69) is 36.0 Å². The third-order valence-electron chi connectivity index (χ3n) is 4.65. The Labute approximate surface area is 107 Å². The summed E-state index contributed by atoms with van der Waals surface area (Å²) in [4.78, 5) is 5.34. The van der Waals surface area contributed by atoms with Gasteiger partial charge in [0.2, 0.25) is 0 Å². The van der Waals surface area contributed by atoms with Crippen molar-refractivity contribution in [2.75, 3.05) is 33.2 Å². The molecule has 1 heterocycles. The molecule has 2 rings (SSSR count). The molecule has 3 heteroatoms. The van der Waals surface area contributed by atoms with E-state index in [0.717, 1.165) is 12.1 Å². The van der Waals surface area contributed by atoms with Gasteiger partial charge in [-0.2, -0.15) is 0 Å². The summed E-state index contributed by atoms with van der Waals surface area (Å²) >= 11 is 0. The Hall–Kier alpha value is -0.120. The molecule has 1 aliphatic heterocycles. The van der Waals surface area contributed by atoms with Crippen LogP contribution in [0.5, 0.6) is 0 Å². The van der Waals surface area contributed by atoms with Gasteiger partial charge in [-0.05, 0) is 40.2 Å². The van der Waals surface area contributed by atoms with Gasteiger partial charge in [-0.1, -0.05) is 6.42 Å². The minimum Gasteiger partial charge on any atom is -0.317 e. The summed E-state index contributed by atoms with van der Waals surface area (Å²) in [5, 5.41) is 3.46. The van der Waals surface area contributed by atoms with Gasteiger partial charge in [0.15, 0.2) is 0 Å². The van der Waals surface area contributed by atoms with E-state index in [1.165, 1.54) is 51.9 Å². The first-order valence-corrected chi connectivity index (χ1v) is 7.36. The van der Waals surface area contributed by atoms with Crippen LogP contribution in [-0.4, -0.2) is 61.2 Å². The maximum Gasteiger partial charge on any atom is 0.0113 e. The van der Waals surface area contributed by atoms with Crippen LogP contribution >= 0.6 is 0 Å². The van der Waals surface area contributed by atoms with E-state index in [9.17, 15) is 0 Å². The monoisotopic (exact) mass is 239 g/mol. The van der Waals surface area contributed by atoms with E-state index in [1.807, 2.05) is 0 Å². The molecule has 0 spiro atoms. The van der Waals surface area contributed by atoms with Gasteiger partial charge in [-0.15, -0.1) is 0 Å². The van der Waals surface area contributed by atoms with Crippen LogP contribution in [0.4, 0.5) is 0 Å². The molecule has 3 nitrogen and oxygen atoms in total. The van der Waals surface area contributed by atoms with E-state index in [4.69, 9.17) is 0 Å². The van der Waals surface area contributed by atoms with Crippen LogP contribution < -0.4 is 5.32 Å². The fourth-order valence-electron chi connectivity index (χ4n) is 3.38. The van der Waals surface area contributed by atoms with E-state index in [-0.39, 0.29) is 0 Å². The third-order valence-corrected chi connectivity index (χ3v) is 4.65. The molecule has 1 N–H and O–H groups in total. The summed E-state index contributed by atoms with van der Waals surface area (Å²) in [5.74, 6) is 0. The van der Waals surface area contributed by atoms with Gasteiger partial charge in [-0.3, -0.25) is 9.80 Å². The zero-order valence-corrected chi connectivity index (χ0v) is 11.8. The van der Waals surface area contributed by atoms with Gasteiger partial charge in [0, 0.05) is 44.3 Å². The molecule has 2 fully saturated rings. The fourth-order valence-corrected chi connectivity index (χ4v) is 3.38. The first kappa shape index (κ1) is 13.3. The Kier molecular flexibility index (Phi) is 4.83. The van der Waals surface area contributed by atoms with Crippen molar-refractivity contribution in [2.45, 2.75) is 57.7 Å². The van der Waals surface area contributed by atoms with Crippen LogP contribution in [0.3, 0.4) is 0 Å². The Morgan fingerprint density at radius 3 is 2.35 bits per heavy atom. The summed E-state index contributed by atoms with van der Waals surface area (Å²) in [7, 11) is 2.11. The molecule has 0 aromatic carbocycles. The lowest BCUT2D eigenvalue weighted by atomic mass is 9.89. The van der Waals surface area contributed by atoms with Crippen LogP contribution in [-0.2, 0) is 0 Å². The molecule has 2 atom stereocenters. The highest BCUT2D eigenvalue weighted by molar-refractivity contribution is 4.86. The summed E-state index contributed by atoms with van der Waals surface area (Å²) < 4.78 is 0. The van der Waals surface area contributed by atoms with E-state index in [0.29, 0.717) is 6.04 Å². The fraction of sp³-hybridized carbons (Fsp3) is 1.00. The second-order valence-corrected chi connectivity index (χ2v) is 5.97. The maximum atomic E-state index is 3.46. The Morgan fingerprint density at radius 1 is 1.06 bits per heavy atom. The van der Waals surface area contributed by atoms with Crippen LogP contribution in [0.2, 0.25) is 0 Å². The van der Waals surface area contributed by atoms with Crippen LogP contribution in [0.25, 0.3) is 0 Å². The van der Waals surface area contributed by atoms with Gasteiger partial charge in [-0.25, -0.2) is 0 Å². The molecular formula is C14H29N3. The Bertz CT molecular complexity index is 222. The number of nitrogens with one attached hydrogen (secondary N) is 1. The summed E-state index contributed by atoms with van der Waals surface area (Å²) in [5.41, 5.74) is 0. The second kappa shape index (κ2) is 6.17. The summed E-state index contributed by atoms with van der Waals surface area (Å²) in [6.45, 7) is 9.70. The quantitative estimate of drug-likeness (QED) is 0.806. The van der Waals surface area contributed by atoms with Gasteiger partial charge in [0.05, 0.1) is 0 Å². The van der Waals surface area contributed by atoms with E-state index >= 15 is 0 Å². The van der Waals surface area contributed by atoms with Gasteiger partial charge in [0.1, 0.15) is 0 Å². The van der Waals surface area contributed by atoms with E-state index < -0.39 is 0 Å². The molecule has 0 bridgehead atoms. The molecule has 0 aromatic rings. The van der Waals surface area contributed by atoms with Crippen molar-refractivity contribution >= 4 is 0 Å². The van der Waals surface area contributed by atoms with Crippen molar-refractivity contribution in [2.24, 2.45) is 0 Å². The maximum absolute atomic E-state index is 3.46. The van der Waals surface area contributed by atoms with Crippen molar-refractivity contribution in [1.82, 2.24) is 15.1 Å². The average molecular weight is 239 g/mol. The lowest BCUT2D eigenvalue weighted by Gasteiger charge is -2.43. The Balaban J connectivity index is 1.80. The highest BCUT2D eigenvalue weighted by Gasteiger charge is 2.28. The molecule has 0 unspecified atom stereocenters. The molecule has 1 aliphatic carbocycles. The van der Waals surface area contributed by atoms with Crippen molar-refractivity contribution in [3.63, 3.8) is 0 Å². The van der Waals surface area contributed by atoms with Crippen molar-refractivity contribution in [1.29, 1.82) is 0 Å². The minimum absolute atomic E-state index is 0.716. The van der Waals surface area contributed by atoms with Crippen molar-refractivity contribution in [3.05, 3.63) is 0 Å². The van der Waals surface area contributed by atoms with Crippen LogP contribution in [0.1, 0.15) is 39.5 Å². The normalized spacial score (nSPS) is 33.2. The van der Waals surface area contributed by atoms with Gasteiger partial charge in [0.25, 0.3) is 0 Å². The lowest BCUT2D eigenvalue weighted by Crippen LogP contribution is -2.54. The average Bonchev–Trinajstić information content (AvgIpc) is 2.39. The number of rotatable bonds is 3. The predicted molar refractivity (Wildman–Crippen MR) is 73.4 cm³/mol. The Morgan fingerprint density at radius 2 is 1.76 bits per heavy atom. The first-order chi connectivity index (χ1) is 8.20. The molecule has 2 aliphatic rings. The minimum atomic E-state index is 0.716. The van der Waals surface area contributed by atoms with Crippen LogP contribution in [0, 0.1) is 0 Å². The predicted octanol–water partition coefficient (Wildman–Crippen LogP) is 1.54. The second-order valence-electron chi connectivity index (χ2n) is 5.97. The SMILES string of the molecule is CN[C@H]1CCC[C@H](N2CCN(C(C)C)CC2)C1. The molecule has 0 aromatic heterocycles. The first-order valence-electron chi connectivity index (χ1n) is 7.36. The molecule has 17 heavy (non-hydrogen) atoms. The highest BCUT2D eigenvalue weighted by Crippen LogP contribution is 2.24. The molecule has 1 saturated heterocycles. The number of hydrogen-bond acceptors (Lipinski definition) is 3. The van der Waals surface area contributed by atoms with Crippen LogP contribution in [0.15, 0.2) is 0 Å².